The molecule has 1 aromatic carbocycles. The Morgan fingerprint density at radius 3 is 2.44 bits per heavy atom. The molecule has 1 atom stereocenters. The Balaban J connectivity index is 2.29. The summed E-state index contributed by atoms with van der Waals surface area (Å²) in [6, 6.07) is 11.1. The largest absolute Gasteiger partial charge is 0.412 e. The number of carbonyl (C=O) groups is 1. The number of nitrogens with one attached hydrogen (secondary N) is 1. The number of rotatable bonds is 4. The molecule has 0 saturated heterocycles. The van der Waals surface area contributed by atoms with Gasteiger partial charge in [0.1, 0.15) is 16.2 Å². The van der Waals surface area contributed by atoms with E-state index < -0.39 is 23.7 Å². The summed E-state index contributed by atoms with van der Waals surface area (Å²) in [7, 11) is 0. The molecule has 1 amide bonds. The summed E-state index contributed by atoms with van der Waals surface area (Å²) in [5, 5.41) is 11.0. The van der Waals surface area contributed by atoms with Gasteiger partial charge in [0.15, 0.2) is 6.04 Å². The van der Waals surface area contributed by atoms with Crippen LogP contribution in [0.3, 0.4) is 0 Å². The highest BCUT2D eigenvalue weighted by Gasteiger charge is 2.42. The van der Waals surface area contributed by atoms with Crippen LogP contribution in [0.25, 0.3) is 6.08 Å². The van der Waals surface area contributed by atoms with Crippen molar-refractivity contribution in [3.63, 3.8) is 0 Å². The molecule has 1 heterocycles. The third kappa shape index (κ3) is 5.16. The number of aromatic nitrogens is 1. The molecule has 0 spiro atoms. The van der Waals surface area contributed by atoms with Gasteiger partial charge in [0, 0.05) is 0 Å². The molecule has 1 N–H and O–H groups in total. The molecule has 4 nitrogen and oxygen atoms in total. The quantitative estimate of drug-likeness (QED) is 0.468. The van der Waals surface area contributed by atoms with Crippen LogP contribution in [0.15, 0.2) is 58.7 Å². The number of hydrogen-bond acceptors (Lipinski definition) is 3. The highest BCUT2D eigenvalue weighted by molar-refractivity contribution is 9.10. The lowest BCUT2D eigenvalue weighted by Crippen LogP contribution is -2.38. The van der Waals surface area contributed by atoms with Gasteiger partial charge in [-0.1, -0.05) is 36.4 Å². The van der Waals surface area contributed by atoms with E-state index >= 15 is 0 Å². The van der Waals surface area contributed by atoms with E-state index in [4.69, 9.17) is 5.26 Å². The van der Waals surface area contributed by atoms with Crippen LogP contribution in [-0.4, -0.2) is 17.1 Å². The summed E-state index contributed by atoms with van der Waals surface area (Å²) in [4.78, 5) is 16.2. The maximum Gasteiger partial charge on any atom is 0.412 e. The molecule has 25 heavy (non-hydrogen) atoms. The molecule has 1 aromatic heterocycles. The molecular weight excluding hydrogens is 399 g/mol. The van der Waals surface area contributed by atoms with Gasteiger partial charge in [0.05, 0.1) is 5.69 Å². The van der Waals surface area contributed by atoms with Crippen molar-refractivity contribution in [1.29, 1.82) is 5.26 Å². The number of nitriles is 1. The fourth-order valence-electron chi connectivity index (χ4n) is 2.01. The highest BCUT2D eigenvalue weighted by Crippen LogP contribution is 2.32. The lowest BCUT2D eigenvalue weighted by molar-refractivity contribution is -0.162. The number of nitrogens with zero attached hydrogens (tertiary/aromatic N) is 2. The molecule has 128 valence electrons. The fourth-order valence-corrected chi connectivity index (χ4v) is 2.37. The average molecular weight is 410 g/mol. The molecule has 2 rings (SSSR count). The number of carbonyl (C=O) groups excluding carboxylic acids is 1. The number of halogens is 4. The molecular formula is C17H11BrF3N3O. The van der Waals surface area contributed by atoms with Crippen molar-refractivity contribution in [2.24, 2.45) is 0 Å². The van der Waals surface area contributed by atoms with Crippen molar-refractivity contribution in [2.45, 2.75) is 12.2 Å². The number of benzene rings is 1. The second-order valence-electron chi connectivity index (χ2n) is 4.91. The Hall–Kier alpha value is -2.66. The molecule has 0 aliphatic heterocycles. The van der Waals surface area contributed by atoms with Crippen molar-refractivity contribution in [1.82, 2.24) is 10.3 Å². The maximum absolute atomic E-state index is 13.3. The Labute approximate surface area is 150 Å². The minimum absolute atomic E-state index is 0.124. The molecule has 0 bridgehead atoms. The lowest BCUT2D eigenvalue weighted by atomic mass is 10.1. The summed E-state index contributed by atoms with van der Waals surface area (Å²) < 4.78 is 40.3. The van der Waals surface area contributed by atoms with Crippen LogP contribution in [0.2, 0.25) is 0 Å². The van der Waals surface area contributed by atoms with E-state index in [2.05, 4.69) is 20.9 Å². The average Bonchev–Trinajstić information content (AvgIpc) is 2.57. The Morgan fingerprint density at radius 2 is 1.88 bits per heavy atom. The molecule has 0 saturated carbocycles. The predicted octanol–water partition coefficient (Wildman–Crippen LogP) is 4.17. The number of hydrogen-bond donors (Lipinski definition) is 1. The van der Waals surface area contributed by atoms with Crippen molar-refractivity contribution in [3.8, 4) is 6.07 Å². The van der Waals surface area contributed by atoms with Crippen LogP contribution in [0.4, 0.5) is 13.2 Å². The first-order valence-electron chi connectivity index (χ1n) is 6.98. The third-order valence-corrected chi connectivity index (χ3v) is 3.57. The van der Waals surface area contributed by atoms with E-state index in [9.17, 15) is 18.0 Å². The fraction of sp³-hybridized carbons (Fsp3) is 0.118. The van der Waals surface area contributed by atoms with Crippen LogP contribution in [0.5, 0.6) is 0 Å². The van der Waals surface area contributed by atoms with Gasteiger partial charge in [-0.3, -0.25) is 4.79 Å². The van der Waals surface area contributed by atoms with Gasteiger partial charge in [-0.15, -0.1) is 0 Å². The van der Waals surface area contributed by atoms with E-state index in [1.165, 1.54) is 30.3 Å². The van der Waals surface area contributed by atoms with Gasteiger partial charge in [-0.2, -0.15) is 18.4 Å². The topological polar surface area (TPSA) is 65.8 Å². The molecule has 0 unspecified atom stereocenters. The summed E-state index contributed by atoms with van der Waals surface area (Å²) in [6.07, 6.45) is -3.58. The van der Waals surface area contributed by atoms with Gasteiger partial charge >= 0.3 is 6.18 Å². The van der Waals surface area contributed by atoms with Crippen LogP contribution in [0, 0.1) is 11.3 Å². The minimum Gasteiger partial charge on any atom is -0.336 e. The number of amides is 1. The first kappa shape index (κ1) is 18.7. The van der Waals surface area contributed by atoms with E-state index in [0.717, 1.165) is 6.08 Å². The van der Waals surface area contributed by atoms with E-state index in [-0.39, 0.29) is 11.3 Å². The normalized spacial score (nSPS) is 13.0. The van der Waals surface area contributed by atoms with Crippen LogP contribution >= 0.6 is 15.9 Å². The SMILES string of the molecule is N#CC(=Cc1cccc(Br)n1)C(=O)N[C@H](c1ccccc1)C(F)(F)F. The summed E-state index contributed by atoms with van der Waals surface area (Å²) in [6.45, 7) is 0. The second-order valence-corrected chi connectivity index (χ2v) is 5.73. The standard InChI is InChI=1S/C17H11BrF3N3O/c18-14-8-4-7-13(23-14)9-12(10-22)16(25)24-15(17(19,20)21)11-5-2-1-3-6-11/h1-9,15H,(H,24,25)/t15-/m1/s1. The van der Waals surface area contributed by atoms with Gasteiger partial charge < -0.3 is 5.32 Å². The monoisotopic (exact) mass is 409 g/mol. The first-order chi connectivity index (χ1) is 11.8. The molecule has 0 radical (unpaired) electrons. The molecule has 0 fully saturated rings. The van der Waals surface area contributed by atoms with Crippen LogP contribution in [-0.2, 0) is 4.79 Å². The van der Waals surface area contributed by atoms with Crippen LogP contribution in [0.1, 0.15) is 17.3 Å². The molecule has 0 aliphatic carbocycles. The summed E-state index contributed by atoms with van der Waals surface area (Å²) >= 11 is 3.14. The highest BCUT2D eigenvalue weighted by atomic mass is 79.9. The molecule has 0 aliphatic rings. The zero-order valence-electron chi connectivity index (χ0n) is 12.6. The van der Waals surface area contributed by atoms with Crippen molar-refractivity contribution in [2.75, 3.05) is 0 Å². The lowest BCUT2D eigenvalue weighted by Gasteiger charge is -2.21. The minimum atomic E-state index is -4.70. The Morgan fingerprint density at radius 1 is 1.20 bits per heavy atom. The van der Waals surface area contributed by atoms with Crippen LogP contribution < -0.4 is 5.32 Å². The molecule has 2 aromatic rings. The van der Waals surface area contributed by atoms with E-state index in [0.29, 0.717) is 4.60 Å². The van der Waals surface area contributed by atoms with E-state index in [1.807, 2.05) is 5.32 Å². The summed E-state index contributed by atoms with van der Waals surface area (Å²) in [5.41, 5.74) is -0.332. The maximum atomic E-state index is 13.3. The van der Waals surface area contributed by atoms with E-state index in [1.54, 1.807) is 24.3 Å². The van der Waals surface area contributed by atoms with Gasteiger partial charge in [-0.25, -0.2) is 4.98 Å². The Bertz CT molecular complexity index is 829. The zero-order valence-corrected chi connectivity index (χ0v) is 14.2. The molecule has 8 heteroatoms. The van der Waals surface area contributed by atoms with Crippen molar-refractivity contribution < 1.29 is 18.0 Å². The summed E-state index contributed by atoms with van der Waals surface area (Å²) in [5.74, 6) is -1.13. The number of alkyl halides is 3. The smallest absolute Gasteiger partial charge is 0.336 e. The Kier molecular flexibility index (Phi) is 5.93. The predicted molar refractivity (Wildman–Crippen MR) is 88.9 cm³/mol. The zero-order chi connectivity index (χ0) is 18.4. The van der Waals surface area contributed by atoms with Gasteiger partial charge in [-0.05, 0) is 39.7 Å². The van der Waals surface area contributed by atoms with Crippen molar-refractivity contribution in [3.05, 3.63) is 70.0 Å². The second kappa shape index (κ2) is 7.94. The van der Waals surface area contributed by atoms with Crippen molar-refractivity contribution >= 4 is 27.9 Å². The van der Waals surface area contributed by atoms with Gasteiger partial charge in [0.25, 0.3) is 5.91 Å². The third-order valence-electron chi connectivity index (χ3n) is 3.13. The van der Waals surface area contributed by atoms with Gasteiger partial charge in [0.2, 0.25) is 0 Å². The number of pyridine rings is 1. The first-order valence-corrected chi connectivity index (χ1v) is 7.77.